The number of hydrogen-bond donors (Lipinski definition) is 2. The maximum absolute atomic E-state index is 11.4. The highest BCUT2D eigenvalue weighted by molar-refractivity contribution is 7.09. The van der Waals surface area contributed by atoms with Crippen LogP contribution in [0.4, 0.5) is 5.82 Å². The van der Waals surface area contributed by atoms with E-state index in [1.165, 1.54) is 12.0 Å². The Morgan fingerprint density at radius 1 is 1.13 bits per heavy atom. The van der Waals surface area contributed by atoms with Crippen molar-refractivity contribution in [1.82, 2.24) is 9.97 Å². The number of halogens is 1. The average Bonchev–Trinajstić information content (AvgIpc) is 3.20. The van der Waals surface area contributed by atoms with Crippen molar-refractivity contribution in [2.75, 3.05) is 11.9 Å². The SMILES string of the molecule is O=C(O)CC(Cc1csc(CCCc2ccc3c(n2)NCCC3)n1)c1ccc(Cl)cc1. The number of aryl methyl sites for hydroxylation is 3. The van der Waals surface area contributed by atoms with Crippen molar-refractivity contribution in [3.05, 3.63) is 74.3 Å². The number of nitrogens with zero attached hydrogens (tertiary/aromatic N) is 2. The van der Waals surface area contributed by atoms with Gasteiger partial charge in [-0.25, -0.2) is 9.97 Å². The zero-order valence-corrected chi connectivity index (χ0v) is 18.9. The molecule has 1 atom stereocenters. The number of aliphatic carboxylic acids is 1. The number of aromatic nitrogens is 2. The minimum Gasteiger partial charge on any atom is -0.481 e. The fourth-order valence-electron chi connectivity index (χ4n) is 3.99. The lowest BCUT2D eigenvalue weighted by molar-refractivity contribution is -0.137. The highest BCUT2D eigenvalue weighted by Crippen LogP contribution is 2.27. The van der Waals surface area contributed by atoms with E-state index in [0.29, 0.717) is 11.4 Å². The fraction of sp³-hybridized carbons (Fsp3) is 0.375. The second kappa shape index (κ2) is 10.2. The quantitative estimate of drug-likeness (QED) is 0.444. The van der Waals surface area contributed by atoms with Crippen LogP contribution in [0.25, 0.3) is 0 Å². The molecule has 4 rings (SSSR count). The molecule has 2 aromatic heterocycles. The van der Waals surface area contributed by atoms with Crippen LogP contribution in [-0.4, -0.2) is 27.6 Å². The largest absolute Gasteiger partial charge is 0.481 e. The molecule has 7 heteroatoms. The Morgan fingerprint density at radius 3 is 2.77 bits per heavy atom. The summed E-state index contributed by atoms with van der Waals surface area (Å²) >= 11 is 7.63. The number of carboxylic acid groups (broad SMARTS) is 1. The molecule has 0 spiro atoms. The van der Waals surface area contributed by atoms with Crippen molar-refractivity contribution in [2.24, 2.45) is 0 Å². The van der Waals surface area contributed by atoms with E-state index < -0.39 is 5.97 Å². The zero-order chi connectivity index (χ0) is 21.6. The van der Waals surface area contributed by atoms with E-state index in [1.807, 2.05) is 24.3 Å². The first kappa shape index (κ1) is 21.8. The topological polar surface area (TPSA) is 75.1 Å². The standard InChI is InChI=1S/C24H26ClN3O2S/c25-19-9-6-16(7-10-19)18(14-23(29)30)13-21-15-31-22(27-21)5-1-4-20-11-8-17-3-2-12-26-24(17)28-20/h6-11,15,18H,1-5,12-14H2,(H,26,28)(H,29,30). The minimum absolute atomic E-state index is 0.0759. The van der Waals surface area contributed by atoms with Gasteiger partial charge in [-0.1, -0.05) is 29.8 Å². The zero-order valence-electron chi connectivity index (χ0n) is 17.3. The molecule has 2 N–H and O–H groups in total. The van der Waals surface area contributed by atoms with Crippen molar-refractivity contribution in [3.8, 4) is 0 Å². The van der Waals surface area contributed by atoms with Gasteiger partial charge in [-0.05, 0) is 73.8 Å². The van der Waals surface area contributed by atoms with Gasteiger partial charge in [0.1, 0.15) is 5.82 Å². The lowest BCUT2D eigenvalue weighted by atomic mass is 9.91. The third-order valence-electron chi connectivity index (χ3n) is 5.59. The van der Waals surface area contributed by atoms with Gasteiger partial charge in [-0.2, -0.15) is 0 Å². The Kier molecular flexibility index (Phi) is 7.20. The monoisotopic (exact) mass is 455 g/mol. The summed E-state index contributed by atoms with van der Waals surface area (Å²) in [7, 11) is 0. The Balaban J connectivity index is 1.33. The molecule has 162 valence electrons. The lowest BCUT2D eigenvalue weighted by Gasteiger charge is -2.17. The van der Waals surface area contributed by atoms with Crippen LogP contribution in [0.2, 0.25) is 5.02 Å². The normalized spacial score (nSPS) is 14.0. The number of pyridine rings is 1. The number of rotatable bonds is 9. The van der Waals surface area contributed by atoms with Crippen molar-refractivity contribution in [2.45, 2.75) is 50.9 Å². The van der Waals surface area contributed by atoms with Crippen molar-refractivity contribution in [1.29, 1.82) is 0 Å². The van der Waals surface area contributed by atoms with E-state index in [-0.39, 0.29) is 12.3 Å². The first-order chi connectivity index (χ1) is 15.1. The Hall–Kier alpha value is -2.44. The molecule has 3 aromatic rings. The van der Waals surface area contributed by atoms with Crippen LogP contribution < -0.4 is 5.32 Å². The summed E-state index contributed by atoms with van der Waals surface area (Å²) < 4.78 is 0. The highest BCUT2D eigenvalue weighted by atomic mass is 35.5. The van der Waals surface area contributed by atoms with Gasteiger partial charge in [0.2, 0.25) is 0 Å². The number of benzene rings is 1. The van der Waals surface area contributed by atoms with E-state index >= 15 is 0 Å². The number of hydrogen-bond acceptors (Lipinski definition) is 5. The van der Waals surface area contributed by atoms with Gasteiger partial charge in [-0.3, -0.25) is 4.79 Å². The van der Waals surface area contributed by atoms with Crippen LogP contribution in [0.1, 0.15) is 52.7 Å². The van der Waals surface area contributed by atoms with E-state index in [1.54, 1.807) is 11.3 Å². The maximum atomic E-state index is 11.4. The number of carbonyl (C=O) groups is 1. The molecule has 0 amide bonds. The molecule has 1 unspecified atom stereocenters. The van der Waals surface area contributed by atoms with Crippen LogP contribution in [0, 0.1) is 0 Å². The number of fused-ring (bicyclic) bond motifs is 1. The average molecular weight is 456 g/mol. The van der Waals surface area contributed by atoms with Gasteiger partial charge in [0.15, 0.2) is 0 Å². The number of nitrogens with one attached hydrogen (secondary N) is 1. The smallest absolute Gasteiger partial charge is 0.303 e. The van der Waals surface area contributed by atoms with Gasteiger partial charge < -0.3 is 10.4 Å². The molecule has 0 fully saturated rings. The Morgan fingerprint density at radius 2 is 1.97 bits per heavy atom. The van der Waals surface area contributed by atoms with E-state index in [0.717, 1.165) is 60.0 Å². The first-order valence-electron chi connectivity index (χ1n) is 10.7. The molecule has 0 saturated heterocycles. The summed E-state index contributed by atoms with van der Waals surface area (Å²) in [6.07, 6.45) is 5.79. The first-order valence-corrected chi connectivity index (χ1v) is 12.0. The highest BCUT2D eigenvalue weighted by Gasteiger charge is 2.18. The second-order valence-electron chi connectivity index (χ2n) is 7.98. The van der Waals surface area contributed by atoms with Crippen LogP contribution in [-0.2, 0) is 30.5 Å². The van der Waals surface area contributed by atoms with Gasteiger partial charge in [0.25, 0.3) is 0 Å². The summed E-state index contributed by atoms with van der Waals surface area (Å²) in [5, 5.41) is 16.5. The van der Waals surface area contributed by atoms with Crippen molar-refractivity contribution >= 4 is 34.7 Å². The molecule has 0 aliphatic carbocycles. The van der Waals surface area contributed by atoms with E-state index in [9.17, 15) is 9.90 Å². The summed E-state index contributed by atoms with van der Waals surface area (Å²) in [6.45, 7) is 1.00. The number of thiazole rings is 1. The Bertz CT molecular complexity index is 1040. The van der Waals surface area contributed by atoms with Gasteiger partial charge in [0, 0.05) is 22.6 Å². The summed E-state index contributed by atoms with van der Waals surface area (Å²) in [4.78, 5) is 20.9. The molecule has 3 heterocycles. The van der Waals surface area contributed by atoms with Crippen molar-refractivity contribution in [3.63, 3.8) is 0 Å². The molecule has 1 aromatic carbocycles. The van der Waals surface area contributed by atoms with Gasteiger partial charge >= 0.3 is 5.97 Å². The summed E-state index contributed by atoms with van der Waals surface area (Å²) in [6, 6.07) is 11.8. The van der Waals surface area contributed by atoms with Crippen LogP contribution >= 0.6 is 22.9 Å². The number of carboxylic acids is 1. The second-order valence-corrected chi connectivity index (χ2v) is 9.36. The molecule has 0 radical (unpaired) electrons. The predicted molar refractivity (Wildman–Crippen MR) is 125 cm³/mol. The van der Waals surface area contributed by atoms with Crippen LogP contribution in [0.3, 0.4) is 0 Å². The Labute approximate surface area is 191 Å². The molecule has 1 aliphatic heterocycles. The molecule has 0 bridgehead atoms. The maximum Gasteiger partial charge on any atom is 0.303 e. The van der Waals surface area contributed by atoms with Gasteiger partial charge in [-0.15, -0.1) is 11.3 Å². The third kappa shape index (κ3) is 6.05. The van der Waals surface area contributed by atoms with Crippen molar-refractivity contribution < 1.29 is 9.90 Å². The van der Waals surface area contributed by atoms with Crippen LogP contribution in [0.5, 0.6) is 0 Å². The van der Waals surface area contributed by atoms with Crippen LogP contribution in [0.15, 0.2) is 41.8 Å². The molecule has 5 nitrogen and oxygen atoms in total. The summed E-state index contributed by atoms with van der Waals surface area (Å²) in [5.41, 5.74) is 4.37. The summed E-state index contributed by atoms with van der Waals surface area (Å²) in [5.74, 6) is 0.131. The fourth-order valence-corrected chi connectivity index (χ4v) is 4.97. The molecule has 0 saturated carbocycles. The molecule has 31 heavy (non-hydrogen) atoms. The molecular formula is C24H26ClN3O2S. The predicted octanol–water partition coefficient (Wildman–Crippen LogP) is 5.53. The van der Waals surface area contributed by atoms with E-state index in [4.69, 9.17) is 21.6 Å². The molecular weight excluding hydrogens is 430 g/mol. The van der Waals surface area contributed by atoms with Gasteiger partial charge in [0.05, 0.1) is 17.1 Å². The van der Waals surface area contributed by atoms with E-state index in [2.05, 4.69) is 22.8 Å². The number of anilines is 1. The third-order valence-corrected chi connectivity index (χ3v) is 6.80. The minimum atomic E-state index is -0.803. The lowest BCUT2D eigenvalue weighted by Crippen LogP contribution is -2.14. The molecule has 1 aliphatic rings.